The average Bonchev–Trinajstić information content (AvgIpc) is 3.01. The Bertz CT molecular complexity index is 975. The van der Waals surface area contributed by atoms with Crippen molar-refractivity contribution in [3.05, 3.63) is 65.2 Å². The van der Waals surface area contributed by atoms with Crippen LogP contribution in [-0.4, -0.2) is 21.1 Å². The molecule has 0 aliphatic rings. The average molecular weight is 349 g/mol. The van der Waals surface area contributed by atoms with E-state index in [0.29, 0.717) is 17.8 Å². The van der Waals surface area contributed by atoms with Crippen molar-refractivity contribution in [3.8, 4) is 17.3 Å². The lowest BCUT2D eigenvalue weighted by atomic mass is 10.1. The molecule has 130 valence electrons. The summed E-state index contributed by atoms with van der Waals surface area (Å²) in [5.74, 6) is -0.243. The number of halogens is 1. The van der Waals surface area contributed by atoms with Crippen LogP contribution in [0.3, 0.4) is 0 Å². The summed E-state index contributed by atoms with van der Waals surface area (Å²) in [6.45, 7) is 1.87. The summed E-state index contributed by atoms with van der Waals surface area (Å²) in [5, 5.41) is 18.6. The van der Waals surface area contributed by atoms with E-state index >= 15 is 0 Å². The molecule has 0 atom stereocenters. The first-order valence-electron chi connectivity index (χ1n) is 8.02. The van der Waals surface area contributed by atoms with E-state index in [1.807, 2.05) is 19.1 Å². The number of nitriles is 1. The van der Waals surface area contributed by atoms with Crippen molar-refractivity contribution >= 4 is 11.7 Å². The summed E-state index contributed by atoms with van der Waals surface area (Å²) in [6, 6.07) is 9.81. The van der Waals surface area contributed by atoms with Crippen LogP contribution in [0.4, 0.5) is 10.2 Å². The predicted octanol–water partition coefficient (Wildman–Crippen LogP) is 3.36. The standard InChI is InChI=1S/C19H16FN5O/c1-12-18(14-6-8-22-9-7-14)24-25-19(12)23-17(26)5-3-13-2-4-15(11-21)16(20)10-13/h2,4,6-10H,3,5H2,1H3,(H2,23,24,25,26). The molecule has 2 aromatic heterocycles. The maximum absolute atomic E-state index is 13.6. The number of anilines is 1. The zero-order chi connectivity index (χ0) is 18.5. The fourth-order valence-electron chi connectivity index (χ4n) is 2.58. The van der Waals surface area contributed by atoms with E-state index in [-0.39, 0.29) is 17.9 Å². The summed E-state index contributed by atoms with van der Waals surface area (Å²) in [5.41, 5.74) is 3.14. The van der Waals surface area contributed by atoms with Crippen molar-refractivity contribution < 1.29 is 9.18 Å². The Morgan fingerprint density at radius 3 is 2.77 bits per heavy atom. The van der Waals surface area contributed by atoms with Gasteiger partial charge in [-0.3, -0.25) is 14.9 Å². The van der Waals surface area contributed by atoms with E-state index in [0.717, 1.165) is 16.8 Å². The van der Waals surface area contributed by atoms with Crippen LogP contribution >= 0.6 is 0 Å². The number of carbonyl (C=O) groups is 1. The molecule has 1 amide bonds. The smallest absolute Gasteiger partial charge is 0.225 e. The van der Waals surface area contributed by atoms with E-state index in [2.05, 4.69) is 20.5 Å². The molecule has 26 heavy (non-hydrogen) atoms. The van der Waals surface area contributed by atoms with E-state index in [1.54, 1.807) is 24.5 Å². The second-order valence-corrected chi connectivity index (χ2v) is 5.78. The number of benzene rings is 1. The molecule has 7 heteroatoms. The lowest BCUT2D eigenvalue weighted by Gasteiger charge is -2.05. The molecule has 0 radical (unpaired) electrons. The van der Waals surface area contributed by atoms with Gasteiger partial charge in [0.05, 0.1) is 11.3 Å². The number of nitrogens with zero attached hydrogens (tertiary/aromatic N) is 3. The third-order valence-electron chi connectivity index (χ3n) is 4.02. The number of aromatic nitrogens is 3. The number of pyridine rings is 1. The Hall–Kier alpha value is -3.53. The van der Waals surface area contributed by atoms with Crippen LogP contribution < -0.4 is 5.32 Å². The highest BCUT2D eigenvalue weighted by atomic mass is 19.1. The third kappa shape index (κ3) is 3.75. The quantitative estimate of drug-likeness (QED) is 0.738. The van der Waals surface area contributed by atoms with Crippen molar-refractivity contribution in [1.82, 2.24) is 15.2 Å². The van der Waals surface area contributed by atoms with Gasteiger partial charge in [-0.05, 0) is 43.2 Å². The second-order valence-electron chi connectivity index (χ2n) is 5.78. The summed E-state index contributed by atoms with van der Waals surface area (Å²) in [4.78, 5) is 16.2. The van der Waals surface area contributed by atoms with Gasteiger partial charge in [0, 0.05) is 29.9 Å². The van der Waals surface area contributed by atoms with E-state index in [1.165, 1.54) is 12.1 Å². The van der Waals surface area contributed by atoms with Gasteiger partial charge >= 0.3 is 0 Å². The molecule has 0 spiro atoms. The summed E-state index contributed by atoms with van der Waals surface area (Å²) >= 11 is 0. The summed E-state index contributed by atoms with van der Waals surface area (Å²) in [7, 11) is 0. The van der Waals surface area contributed by atoms with Gasteiger partial charge in [-0.1, -0.05) is 6.07 Å². The Balaban J connectivity index is 1.63. The number of amides is 1. The number of carbonyl (C=O) groups excluding carboxylic acids is 1. The van der Waals surface area contributed by atoms with Gasteiger partial charge < -0.3 is 5.32 Å². The number of hydrogen-bond donors (Lipinski definition) is 2. The third-order valence-corrected chi connectivity index (χ3v) is 4.02. The van der Waals surface area contributed by atoms with Crippen LogP contribution in [-0.2, 0) is 11.2 Å². The first-order chi connectivity index (χ1) is 12.6. The largest absolute Gasteiger partial charge is 0.311 e. The fourth-order valence-corrected chi connectivity index (χ4v) is 2.58. The highest BCUT2D eigenvalue weighted by molar-refractivity contribution is 5.91. The van der Waals surface area contributed by atoms with Crippen molar-refractivity contribution in [1.29, 1.82) is 5.26 Å². The molecule has 0 bridgehead atoms. The lowest BCUT2D eigenvalue weighted by Crippen LogP contribution is -2.13. The Kier molecular flexibility index (Phi) is 5.04. The number of nitrogens with one attached hydrogen (secondary N) is 2. The Morgan fingerprint density at radius 1 is 1.31 bits per heavy atom. The predicted molar refractivity (Wildman–Crippen MR) is 94.6 cm³/mol. The van der Waals surface area contributed by atoms with Gasteiger partial charge in [0.25, 0.3) is 0 Å². The van der Waals surface area contributed by atoms with Gasteiger partial charge in [-0.15, -0.1) is 0 Å². The molecule has 2 heterocycles. The van der Waals surface area contributed by atoms with E-state index in [4.69, 9.17) is 5.26 Å². The molecule has 0 fully saturated rings. The Labute approximate surface area is 149 Å². The number of hydrogen-bond acceptors (Lipinski definition) is 4. The number of aromatic amines is 1. The molecule has 0 aliphatic heterocycles. The lowest BCUT2D eigenvalue weighted by molar-refractivity contribution is -0.116. The SMILES string of the molecule is Cc1c(-c2ccncc2)n[nH]c1NC(=O)CCc1ccc(C#N)c(F)c1. The Morgan fingerprint density at radius 2 is 2.08 bits per heavy atom. The molecule has 0 aliphatic carbocycles. The number of rotatable bonds is 5. The molecule has 2 N–H and O–H groups in total. The van der Waals surface area contributed by atoms with Gasteiger partial charge in [-0.2, -0.15) is 10.4 Å². The van der Waals surface area contributed by atoms with Gasteiger partial charge in [0.2, 0.25) is 5.91 Å². The molecule has 6 nitrogen and oxygen atoms in total. The number of H-pyrrole nitrogens is 1. The highest BCUT2D eigenvalue weighted by Gasteiger charge is 2.13. The summed E-state index contributed by atoms with van der Waals surface area (Å²) < 4.78 is 13.6. The maximum Gasteiger partial charge on any atom is 0.225 e. The van der Waals surface area contributed by atoms with Gasteiger partial charge in [0.1, 0.15) is 17.7 Å². The van der Waals surface area contributed by atoms with Gasteiger partial charge in [0.15, 0.2) is 0 Å². The van der Waals surface area contributed by atoms with Crippen LogP contribution in [0.5, 0.6) is 0 Å². The monoisotopic (exact) mass is 349 g/mol. The molecule has 0 saturated heterocycles. The van der Waals surface area contributed by atoms with Crippen molar-refractivity contribution in [2.24, 2.45) is 0 Å². The minimum absolute atomic E-state index is 0.00470. The van der Waals surface area contributed by atoms with Crippen molar-refractivity contribution in [2.75, 3.05) is 5.32 Å². The zero-order valence-electron chi connectivity index (χ0n) is 14.1. The minimum atomic E-state index is -0.572. The first kappa shape index (κ1) is 17.3. The van der Waals surface area contributed by atoms with E-state index in [9.17, 15) is 9.18 Å². The van der Waals surface area contributed by atoms with Crippen LogP contribution in [0, 0.1) is 24.1 Å². The molecule has 1 aromatic carbocycles. The second kappa shape index (κ2) is 7.57. The number of aryl methyl sites for hydroxylation is 1. The van der Waals surface area contributed by atoms with Crippen molar-refractivity contribution in [3.63, 3.8) is 0 Å². The zero-order valence-corrected chi connectivity index (χ0v) is 14.1. The van der Waals surface area contributed by atoms with E-state index < -0.39 is 5.82 Å². The maximum atomic E-state index is 13.6. The van der Waals surface area contributed by atoms with Crippen LogP contribution in [0.25, 0.3) is 11.3 Å². The molecule has 3 rings (SSSR count). The minimum Gasteiger partial charge on any atom is -0.311 e. The van der Waals surface area contributed by atoms with Crippen LogP contribution in [0.2, 0.25) is 0 Å². The van der Waals surface area contributed by atoms with Crippen LogP contribution in [0.15, 0.2) is 42.7 Å². The molecule has 0 unspecified atom stereocenters. The van der Waals surface area contributed by atoms with Crippen LogP contribution in [0.1, 0.15) is 23.1 Å². The molecule has 0 saturated carbocycles. The molecular formula is C19H16FN5O. The molecule has 3 aromatic rings. The highest BCUT2D eigenvalue weighted by Crippen LogP contribution is 2.25. The molecular weight excluding hydrogens is 333 g/mol. The van der Waals surface area contributed by atoms with Crippen molar-refractivity contribution in [2.45, 2.75) is 19.8 Å². The van der Waals surface area contributed by atoms with Gasteiger partial charge in [-0.25, -0.2) is 4.39 Å². The summed E-state index contributed by atoms with van der Waals surface area (Å²) in [6.07, 6.45) is 3.92. The normalized spacial score (nSPS) is 10.3. The first-order valence-corrected chi connectivity index (χ1v) is 8.02. The fraction of sp³-hybridized carbons (Fsp3) is 0.158. The topological polar surface area (TPSA) is 94.5 Å².